The fraction of sp³-hybridized carbons (Fsp3) is 0.278. The van der Waals surface area contributed by atoms with Crippen molar-refractivity contribution >= 4 is 0 Å². The van der Waals surface area contributed by atoms with Gasteiger partial charge in [-0.15, -0.1) is 0 Å². The third kappa shape index (κ3) is 3.35. The summed E-state index contributed by atoms with van der Waals surface area (Å²) >= 11 is 0. The van der Waals surface area contributed by atoms with Crippen LogP contribution in [0.5, 0.6) is 11.5 Å². The van der Waals surface area contributed by atoms with Crippen molar-refractivity contribution in [1.82, 2.24) is 0 Å². The van der Waals surface area contributed by atoms with Crippen LogP contribution in [-0.2, 0) is 11.8 Å². The Morgan fingerprint density at radius 1 is 0.905 bits per heavy atom. The van der Waals surface area contributed by atoms with Gasteiger partial charge in [-0.1, -0.05) is 24.3 Å². The third-order valence-corrected chi connectivity index (χ3v) is 3.69. The number of nitrogens with zero attached hydrogens (tertiary/aromatic N) is 1. The molecule has 0 heterocycles. The topological polar surface area (TPSA) is 42.2 Å². The van der Waals surface area contributed by atoms with Crippen LogP contribution in [0.1, 0.15) is 18.1 Å². The fourth-order valence-corrected chi connectivity index (χ4v) is 2.32. The lowest BCUT2D eigenvalue weighted by atomic mass is 9.78. The summed E-state index contributed by atoms with van der Waals surface area (Å²) in [4.78, 5) is 0. The molecule has 2 rings (SSSR count). The highest BCUT2D eigenvalue weighted by molar-refractivity contribution is 5.39. The molecule has 1 atom stereocenters. The van der Waals surface area contributed by atoms with E-state index in [1.165, 1.54) is 0 Å². The van der Waals surface area contributed by atoms with E-state index in [1.807, 2.05) is 55.5 Å². The quantitative estimate of drug-likeness (QED) is 0.838. The average molecular weight is 281 g/mol. The zero-order valence-corrected chi connectivity index (χ0v) is 12.6. The molecule has 3 nitrogen and oxygen atoms in total. The zero-order chi connectivity index (χ0) is 15.3. The lowest BCUT2D eigenvalue weighted by Gasteiger charge is -2.22. The molecule has 0 aliphatic carbocycles. The SMILES string of the molecule is COc1ccc(CC(C)(C#N)c2ccc(OC)cc2)cc1. The Morgan fingerprint density at radius 3 is 1.81 bits per heavy atom. The number of hydrogen-bond acceptors (Lipinski definition) is 3. The summed E-state index contributed by atoms with van der Waals surface area (Å²) in [5, 5.41) is 9.62. The molecule has 3 heteroatoms. The predicted molar refractivity (Wildman–Crippen MR) is 82.7 cm³/mol. The van der Waals surface area contributed by atoms with Crippen LogP contribution >= 0.6 is 0 Å². The maximum atomic E-state index is 9.62. The summed E-state index contributed by atoms with van der Waals surface area (Å²) in [5.41, 5.74) is 1.53. The van der Waals surface area contributed by atoms with Gasteiger partial charge in [-0.3, -0.25) is 0 Å². The minimum atomic E-state index is -0.569. The Bertz CT molecular complexity index is 626. The van der Waals surface area contributed by atoms with Crippen molar-refractivity contribution in [3.63, 3.8) is 0 Å². The summed E-state index contributed by atoms with van der Waals surface area (Å²) in [6, 6.07) is 17.9. The maximum Gasteiger partial charge on any atom is 0.118 e. The van der Waals surface area contributed by atoms with Crippen molar-refractivity contribution in [3.8, 4) is 17.6 Å². The van der Waals surface area contributed by atoms with Crippen LogP contribution in [-0.4, -0.2) is 14.2 Å². The van der Waals surface area contributed by atoms with E-state index in [4.69, 9.17) is 9.47 Å². The number of benzene rings is 2. The fourth-order valence-electron chi connectivity index (χ4n) is 2.32. The highest BCUT2D eigenvalue weighted by atomic mass is 16.5. The summed E-state index contributed by atoms with van der Waals surface area (Å²) in [6.07, 6.45) is 0.653. The van der Waals surface area contributed by atoms with E-state index < -0.39 is 5.41 Å². The molecule has 21 heavy (non-hydrogen) atoms. The van der Waals surface area contributed by atoms with Crippen molar-refractivity contribution in [2.75, 3.05) is 14.2 Å². The molecular formula is C18H19NO2. The number of ether oxygens (including phenoxy) is 2. The minimum Gasteiger partial charge on any atom is -0.497 e. The number of hydrogen-bond donors (Lipinski definition) is 0. The second-order valence-corrected chi connectivity index (χ2v) is 5.20. The van der Waals surface area contributed by atoms with E-state index in [-0.39, 0.29) is 0 Å². The molecule has 0 saturated heterocycles. The van der Waals surface area contributed by atoms with Crippen LogP contribution < -0.4 is 9.47 Å². The molecular weight excluding hydrogens is 262 g/mol. The molecule has 0 aliphatic rings. The summed E-state index contributed by atoms with van der Waals surface area (Å²) in [7, 11) is 3.28. The number of nitriles is 1. The highest BCUT2D eigenvalue weighted by Gasteiger charge is 2.26. The van der Waals surface area contributed by atoms with E-state index in [2.05, 4.69) is 6.07 Å². The van der Waals surface area contributed by atoms with Crippen LogP contribution in [0.25, 0.3) is 0 Å². The van der Waals surface area contributed by atoms with Gasteiger partial charge in [0.2, 0.25) is 0 Å². The molecule has 2 aromatic carbocycles. The average Bonchev–Trinajstić information content (AvgIpc) is 2.55. The molecule has 0 amide bonds. The second-order valence-electron chi connectivity index (χ2n) is 5.20. The van der Waals surface area contributed by atoms with Crippen LogP contribution in [0.4, 0.5) is 0 Å². The van der Waals surface area contributed by atoms with Crippen LogP contribution in [0, 0.1) is 11.3 Å². The summed E-state index contributed by atoms with van der Waals surface area (Å²) < 4.78 is 10.3. The Kier molecular flexibility index (Phi) is 4.49. The molecule has 0 bridgehead atoms. The largest absolute Gasteiger partial charge is 0.497 e. The molecule has 1 unspecified atom stereocenters. The van der Waals surface area contributed by atoms with Crippen LogP contribution in [0.15, 0.2) is 48.5 Å². The number of rotatable bonds is 5. The lowest BCUT2D eigenvalue weighted by Crippen LogP contribution is -2.22. The minimum absolute atomic E-state index is 0.569. The van der Waals surface area contributed by atoms with Gasteiger partial charge in [0, 0.05) is 0 Å². The molecule has 2 aromatic rings. The van der Waals surface area contributed by atoms with E-state index in [0.29, 0.717) is 6.42 Å². The smallest absolute Gasteiger partial charge is 0.118 e. The monoisotopic (exact) mass is 281 g/mol. The van der Waals surface area contributed by atoms with Gasteiger partial charge in [0.25, 0.3) is 0 Å². The van der Waals surface area contributed by atoms with Crippen LogP contribution in [0.2, 0.25) is 0 Å². The molecule has 0 N–H and O–H groups in total. The molecule has 0 spiro atoms. The maximum absolute atomic E-state index is 9.62. The van der Waals surface area contributed by atoms with E-state index in [0.717, 1.165) is 22.6 Å². The highest BCUT2D eigenvalue weighted by Crippen LogP contribution is 2.29. The molecule has 0 fully saturated rings. The van der Waals surface area contributed by atoms with Gasteiger partial charge in [-0.05, 0) is 48.7 Å². The standard InChI is InChI=1S/C18H19NO2/c1-18(13-19,15-6-10-17(21-3)11-7-15)12-14-4-8-16(20-2)9-5-14/h4-11H,12H2,1-3H3. The molecule has 108 valence electrons. The summed E-state index contributed by atoms with van der Waals surface area (Å²) in [6.45, 7) is 1.96. The first-order valence-corrected chi connectivity index (χ1v) is 6.80. The Morgan fingerprint density at radius 2 is 1.38 bits per heavy atom. The lowest BCUT2D eigenvalue weighted by molar-refractivity contribution is 0.414. The predicted octanol–water partition coefficient (Wildman–Crippen LogP) is 3.73. The first kappa shape index (κ1) is 14.9. The van der Waals surface area contributed by atoms with Crippen molar-refractivity contribution in [2.45, 2.75) is 18.8 Å². The van der Waals surface area contributed by atoms with Gasteiger partial charge < -0.3 is 9.47 Å². The Labute approximate surface area is 125 Å². The molecule has 0 radical (unpaired) electrons. The van der Waals surface area contributed by atoms with Gasteiger partial charge >= 0.3 is 0 Å². The molecule has 0 saturated carbocycles. The van der Waals surface area contributed by atoms with E-state index in [1.54, 1.807) is 14.2 Å². The normalized spacial score (nSPS) is 13.0. The molecule has 0 aliphatic heterocycles. The van der Waals surface area contributed by atoms with Crippen molar-refractivity contribution in [2.24, 2.45) is 0 Å². The van der Waals surface area contributed by atoms with Crippen molar-refractivity contribution < 1.29 is 9.47 Å². The van der Waals surface area contributed by atoms with Gasteiger partial charge in [0.05, 0.1) is 25.7 Å². The third-order valence-electron chi connectivity index (χ3n) is 3.69. The zero-order valence-electron chi connectivity index (χ0n) is 12.6. The van der Waals surface area contributed by atoms with Gasteiger partial charge in [0.15, 0.2) is 0 Å². The number of methoxy groups -OCH3 is 2. The summed E-state index contributed by atoms with van der Waals surface area (Å²) in [5.74, 6) is 1.62. The first-order chi connectivity index (χ1) is 10.1. The van der Waals surface area contributed by atoms with Crippen LogP contribution in [0.3, 0.4) is 0 Å². The van der Waals surface area contributed by atoms with Crippen molar-refractivity contribution in [3.05, 3.63) is 59.7 Å². The van der Waals surface area contributed by atoms with E-state index in [9.17, 15) is 5.26 Å². The Balaban J connectivity index is 2.25. The second kappa shape index (κ2) is 6.32. The van der Waals surface area contributed by atoms with Crippen molar-refractivity contribution in [1.29, 1.82) is 5.26 Å². The van der Waals surface area contributed by atoms with Gasteiger partial charge in [0.1, 0.15) is 11.5 Å². The van der Waals surface area contributed by atoms with Gasteiger partial charge in [-0.2, -0.15) is 5.26 Å². The molecule has 0 aromatic heterocycles. The first-order valence-electron chi connectivity index (χ1n) is 6.80. The van der Waals surface area contributed by atoms with Gasteiger partial charge in [-0.25, -0.2) is 0 Å². The Hall–Kier alpha value is -2.47. The van der Waals surface area contributed by atoms with E-state index >= 15 is 0 Å².